The van der Waals surface area contributed by atoms with Gasteiger partial charge in [0.15, 0.2) is 0 Å². The molecule has 0 aromatic heterocycles. The second-order valence-corrected chi connectivity index (χ2v) is 13.1. The largest absolute Gasteiger partial charge is 0.489 e. The van der Waals surface area contributed by atoms with Gasteiger partial charge < -0.3 is 18.9 Å². The Hall–Kier alpha value is -5.79. The van der Waals surface area contributed by atoms with Crippen LogP contribution in [0.25, 0.3) is 6.08 Å². The van der Waals surface area contributed by atoms with E-state index in [1.54, 1.807) is 30.3 Å². The lowest BCUT2D eigenvalue weighted by Crippen LogP contribution is -2.04. The van der Waals surface area contributed by atoms with Crippen LogP contribution in [0, 0.1) is 0 Å². The lowest BCUT2D eigenvalue weighted by molar-refractivity contribution is 0.289. The summed E-state index contributed by atoms with van der Waals surface area (Å²) in [5.74, 6) is 1.73. The molecule has 0 saturated carbocycles. The van der Waals surface area contributed by atoms with Gasteiger partial charge in [0, 0.05) is 23.1 Å². The van der Waals surface area contributed by atoms with Gasteiger partial charge in [-0.25, -0.2) is 8.42 Å². The summed E-state index contributed by atoms with van der Waals surface area (Å²) in [6.45, 7) is 1.19. The molecule has 6 nitrogen and oxygen atoms in total. The first-order valence-electron chi connectivity index (χ1n) is 15.9. The predicted molar refractivity (Wildman–Crippen MR) is 192 cm³/mol. The van der Waals surface area contributed by atoms with Gasteiger partial charge in [0.05, 0.1) is 0 Å². The maximum Gasteiger partial charge on any atom is 0.203 e. The SMILES string of the molecule is O=S(=O)(/C=C/c1ccc(OCc2ccccc2)cc1OCc1ccccc1)c1cc(OCc2ccccc2)ccc1OCc1ccccc1. The van der Waals surface area contributed by atoms with E-state index in [0.717, 1.165) is 22.3 Å². The summed E-state index contributed by atoms with van der Waals surface area (Å²) in [5, 5.41) is 1.17. The van der Waals surface area contributed by atoms with E-state index in [2.05, 4.69) is 0 Å². The molecular weight excluding hydrogens is 633 g/mol. The second kappa shape index (κ2) is 16.4. The highest BCUT2D eigenvalue weighted by Crippen LogP contribution is 2.33. The second-order valence-electron chi connectivity index (χ2n) is 11.3. The summed E-state index contributed by atoms with van der Waals surface area (Å²) in [7, 11) is -4.01. The topological polar surface area (TPSA) is 71.1 Å². The van der Waals surface area contributed by atoms with Crippen molar-refractivity contribution in [3.8, 4) is 23.0 Å². The highest BCUT2D eigenvalue weighted by Gasteiger charge is 2.20. The molecule has 0 unspecified atom stereocenters. The summed E-state index contributed by atoms with van der Waals surface area (Å²) in [6.07, 6.45) is 1.54. The number of benzene rings is 6. The molecule has 49 heavy (non-hydrogen) atoms. The average molecular weight is 669 g/mol. The third kappa shape index (κ3) is 9.62. The van der Waals surface area contributed by atoms with Gasteiger partial charge in [-0.05, 0) is 52.6 Å². The molecule has 246 valence electrons. The Bertz CT molecular complexity index is 2060. The molecule has 6 rings (SSSR count). The third-order valence-electron chi connectivity index (χ3n) is 7.60. The van der Waals surface area contributed by atoms with Gasteiger partial charge in [-0.2, -0.15) is 0 Å². The Morgan fingerprint density at radius 2 is 0.837 bits per heavy atom. The maximum absolute atomic E-state index is 14.0. The Balaban J connectivity index is 1.27. The summed E-state index contributed by atoms with van der Waals surface area (Å²) in [5.41, 5.74) is 4.48. The van der Waals surface area contributed by atoms with Gasteiger partial charge in [-0.3, -0.25) is 0 Å². The summed E-state index contributed by atoms with van der Waals surface area (Å²) < 4.78 is 52.3. The van der Waals surface area contributed by atoms with Crippen LogP contribution in [0.5, 0.6) is 23.0 Å². The fraction of sp³-hybridized carbons (Fsp3) is 0.0952. The number of rotatable bonds is 15. The van der Waals surface area contributed by atoms with Gasteiger partial charge in [-0.15, -0.1) is 0 Å². The number of ether oxygens (including phenoxy) is 4. The van der Waals surface area contributed by atoms with E-state index >= 15 is 0 Å². The normalized spacial score (nSPS) is 11.3. The van der Waals surface area contributed by atoms with Crippen LogP contribution in [0.2, 0.25) is 0 Å². The van der Waals surface area contributed by atoms with Crippen molar-refractivity contribution in [2.75, 3.05) is 0 Å². The summed E-state index contributed by atoms with van der Waals surface area (Å²) >= 11 is 0. The average Bonchev–Trinajstić information content (AvgIpc) is 3.16. The third-order valence-corrected chi connectivity index (χ3v) is 9.03. The molecule has 7 heteroatoms. The molecule has 0 aliphatic heterocycles. The van der Waals surface area contributed by atoms with Gasteiger partial charge >= 0.3 is 0 Å². The van der Waals surface area contributed by atoms with E-state index in [0.29, 0.717) is 42.6 Å². The Labute approximate surface area is 287 Å². The van der Waals surface area contributed by atoms with Gasteiger partial charge in [0.25, 0.3) is 0 Å². The van der Waals surface area contributed by atoms with Crippen LogP contribution in [-0.4, -0.2) is 8.42 Å². The molecule has 0 heterocycles. The minimum absolute atomic E-state index is 0.000175. The van der Waals surface area contributed by atoms with E-state index in [4.69, 9.17) is 18.9 Å². The van der Waals surface area contributed by atoms with Crippen LogP contribution in [0.3, 0.4) is 0 Å². The monoisotopic (exact) mass is 668 g/mol. The first-order valence-corrected chi connectivity index (χ1v) is 17.4. The summed E-state index contributed by atoms with van der Waals surface area (Å²) in [6, 6.07) is 49.2. The molecule has 6 aromatic rings. The Kier molecular flexibility index (Phi) is 11.1. The van der Waals surface area contributed by atoms with Crippen molar-refractivity contribution in [1.82, 2.24) is 0 Å². The molecule has 0 amide bonds. The molecule has 0 saturated heterocycles. The molecule has 0 aliphatic rings. The molecular formula is C42H36O6S. The zero-order valence-corrected chi connectivity index (χ0v) is 27.7. The van der Waals surface area contributed by atoms with E-state index < -0.39 is 9.84 Å². The van der Waals surface area contributed by atoms with Crippen molar-refractivity contribution in [2.24, 2.45) is 0 Å². The standard InChI is InChI=1S/C42H36O6S/c43-49(44,42-28-39(46-30-34-15-7-2-8-16-34)23-24-40(42)47-31-35-17-9-3-10-18-35)26-25-37-21-22-38(45-29-33-13-5-1-6-14-33)27-41(37)48-32-36-19-11-4-12-20-36/h1-28H,29-32H2/b26-25+. The fourth-order valence-electron chi connectivity index (χ4n) is 4.98. The van der Waals surface area contributed by atoms with Crippen LogP contribution in [-0.2, 0) is 36.3 Å². The maximum atomic E-state index is 14.0. The lowest BCUT2D eigenvalue weighted by Gasteiger charge is -2.14. The van der Waals surface area contributed by atoms with Gasteiger partial charge in [-0.1, -0.05) is 121 Å². The zero-order chi connectivity index (χ0) is 33.7. The summed E-state index contributed by atoms with van der Waals surface area (Å²) in [4.78, 5) is -0.000175. The van der Waals surface area contributed by atoms with Crippen molar-refractivity contribution >= 4 is 15.9 Å². The van der Waals surface area contributed by atoms with Crippen LogP contribution < -0.4 is 18.9 Å². The Morgan fingerprint density at radius 1 is 0.429 bits per heavy atom. The highest BCUT2D eigenvalue weighted by molar-refractivity contribution is 7.94. The Morgan fingerprint density at radius 3 is 1.33 bits per heavy atom. The first kappa shape index (κ1) is 33.1. The molecule has 0 fully saturated rings. The van der Waals surface area contributed by atoms with Crippen molar-refractivity contribution < 1.29 is 27.4 Å². The molecule has 0 atom stereocenters. The van der Waals surface area contributed by atoms with Crippen LogP contribution in [0.4, 0.5) is 0 Å². The molecule has 0 spiro atoms. The number of hydrogen-bond donors (Lipinski definition) is 0. The van der Waals surface area contributed by atoms with Crippen molar-refractivity contribution in [2.45, 2.75) is 31.3 Å². The van der Waals surface area contributed by atoms with E-state index in [1.165, 1.54) is 17.6 Å². The van der Waals surface area contributed by atoms with Crippen molar-refractivity contribution in [3.05, 3.63) is 191 Å². The van der Waals surface area contributed by atoms with Crippen molar-refractivity contribution in [1.29, 1.82) is 0 Å². The van der Waals surface area contributed by atoms with Crippen molar-refractivity contribution in [3.63, 3.8) is 0 Å². The van der Waals surface area contributed by atoms with Crippen LogP contribution in [0.1, 0.15) is 27.8 Å². The molecule has 6 aromatic carbocycles. The minimum Gasteiger partial charge on any atom is -0.489 e. The van der Waals surface area contributed by atoms with Gasteiger partial charge in [0.2, 0.25) is 9.84 Å². The molecule has 0 radical (unpaired) electrons. The zero-order valence-electron chi connectivity index (χ0n) is 26.9. The molecule has 0 N–H and O–H groups in total. The quantitative estimate of drug-likeness (QED) is 0.109. The molecule has 0 aliphatic carbocycles. The highest BCUT2D eigenvalue weighted by atomic mass is 32.2. The number of hydrogen-bond acceptors (Lipinski definition) is 6. The van der Waals surface area contributed by atoms with Crippen LogP contribution in [0.15, 0.2) is 168 Å². The first-order chi connectivity index (χ1) is 24.0. The fourth-order valence-corrected chi connectivity index (χ4v) is 6.14. The van der Waals surface area contributed by atoms with Crippen LogP contribution >= 0.6 is 0 Å². The number of sulfone groups is 1. The predicted octanol–water partition coefficient (Wildman–Crippen LogP) is 9.45. The lowest BCUT2D eigenvalue weighted by atomic mass is 10.2. The van der Waals surface area contributed by atoms with E-state index in [-0.39, 0.29) is 17.3 Å². The van der Waals surface area contributed by atoms with E-state index in [1.807, 2.05) is 121 Å². The van der Waals surface area contributed by atoms with Gasteiger partial charge in [0.1, 0.15) is 54.3 Å². The molecule has 0 bridgehead atoms. The minimum atomic E-state index is -4.01. The smallest absolute Gasteiger partial charge is 0.203 e. The van der Waals surface area contributed by atoms with E-state index in [9.17, 15) is 8.42 Å².